The molecule has 4 rings (SSSR count). The fraction of sp³-hybridized carbons (Fsp3) is 0.200. The van der Waals surface area contributed by atoms with E-state index in [1.807, 2.05) is 38.1 Å². The van der Waals surface area contributed by atoms with Gasteiger partial charge in [-0.25, -0.2) is 4.98 Å². The van der Waals surface area contributed by atoms with E-state index in [0.717, 1.165) is 17.9 Å². The fourth-order valence-corrected chi connectivity index (χ4v) is 3.93. The Morgan fingerprint density at radius 2 is 1.92 bits per heavy atom. The van der Waals surface area contributed by atoms with Gasteiger partial charge in [0.05, 0.1) is 11.8 Å². The maximum absolute atomic E-state index is 12.4. The fourth-order valence-electron chi connectivity index (χ4n) is 2.94. The lowest BCUT2D eigenvalue weighted by molar-refractivity contribution is 0.102. The number of thiazole rings is 1. The molecule has 126 valence electrons. The van der Waals surface area contributed by atoms with Crippen LogP contribution in [0.25, 0.3) is 11.3 Å². The number of rotatable bonds is 4. The van der Waals surface area contributed by atoms with Gasteiger partial charge in [-0.05, 0) is 43.7 Å². The van der Waals surface area contributed by atoms with Crippen molar-refractivity contribution in [3.05, 3.63) is 64.5 Å². The lowest BCUT2D eigenvalue weighted by Crippen LogP contribution is -2.12. The second-order valence-electron chi connectivity index (χ2n) is 6.27. The number of anilines is 1. The minimum atomic E-state index is -0.156. The molecule has 0 unspecified atom stereocenters. The largest absolute Gasteiger partial charge is 0.491 e. The molecule has 1 heterocycles. The van der Waals surface area contributed by atoms with Crippen molar-refractivity contribution in [2.75, 3.05) is 5.32 Å². The molecule has 1 aliphatic rings. The number of nitrogens with zero attached hydrogens (tertiary/aromatic N) is 1. The summed E-state index contributed by atoms with van der Waals surface area (Å²) < 4.78 is 5.60. The number of hydrogen-bond acceptors (Lipinski definition) is 4. The van der Waals surface area contributed by atoms with Gasteiger partial charge < -0.3 is 4.74 Å². The molecule has 1 aromatic heterocycles. The van der Waals surface area contributed by atoms with Crippen LogP contribution in [0.3, 0.4) is 0 Å². The summed E-state index contributed by atoms with van der Waals surface area (Å²) in [6.45, 7) is 3.95. The van der Waals surface area contributed by atoms with E-state index >= 15 is 0 Å². The Morgan fingerprint density at radius 3 is 2.68 bits per heavy atom. The average Bonchev–Trinajstić information content (AvgIpc) is 3.12. The second-order valence-corrected chi connectivity index (χ2v) is 7.35. The molecule has 0 saturated heterocycles. The summed E-state index contributed by atoms with van der Waals surface area (Å²) in [5.74, 6) is 0.605. The molecule has 5 heteroatoms. The number of amides is 1. The second kappa shape index (κ2) is 6.33. The lowest BCUT2D eigenvalue weighted by Gasteiger charge is -2.09. The number of carbonyl (C=O) groups is 1. The highest BCUT2D eigenvalue weighted by Crippen LogP contribution is 2.40. The van der Waals surface area contributed by atoms with E-state index < -0.39 is 0 Å². The predicted molar refractivity (Wildman–Crippen MR) is 101 cm³/mol. The number of hydrogen-bond donors (Lipinski definition) is 1. The van der Waals surface area contributed by atoms with E-state index in [4.69, 9.17) is 4.74 Å². The van der Waals surface area contributed by atoms with Gasteiger partial charge in [-0.15, -0.1) is 11.3 Å². The SMILES string of the molecule is CC(C)Oc1ccc(C(=O)Nc2nc3c(s2)Cc2ccccc2-3)cc1. The number of benzene rings is 2. The molecule has 0 saturated carbocycles. The molecule has 2 aromatic carbocycles. The molecule has 1 amide bonds. The van der Waals surface area contributed by atoms with Crippen molar-refractivity contribution < 1.29 is 9.53 Å². The van der Waals surface area contributed by atoms with Crippen molar-refractivity contribution in [2.45, 2.75) is 26.4 Å². The van der Waals surface area contributed by atoms with Gasteiger partial charge in [0, 0.05) is 22.4 Å². The molecule has 0 aliphatic heterocycles. The summed E-state index contributed by atoms with van der Waals surface area (Å²) >= 11 is 1.55. The maximum Gasteiger partial charge on any atom is 0.257 e. The zero-order valence-corrected chi connectivity index (χ0v) is 14.9. The summed E-state index contributed by atoms with van der Waals surface area (Å²) in [5, 5.41) is 3.55. The molecule has 0 atom stereocenters. The van der Waals surface area contributed by atoms with Gasteiger partial charge in [0.25, 0.3) is 5.91 Å². The van der Waals surface area contributed by atoms with Crippen molar-refractivity contribution in [1.29, 1.82) is 0 Å². The Labute approximate surface area is 150 Å². The topological polar surface area (TPSA) is 51.2 Å². The van der Waals surface area contributed by atoms with Gasteiger partial charge in [0.15, 0.2) is 5.13 Å². The van der Waals surface area contributed by atoms with Crippen LogP contribution in [-0.4, -0.2) is 17.0 Å². The number of fused-ring (bicyclic) bond motifs is 3. The van der Waals surface area contributed by atoms with E-state index in [1.165, 1.54) is 16.0 Å². The standard InChI is InChI=1S/C20H18N2O2S/c1-12(2)24-15-9-7-13(8-10-15)19(23)22-20-21-18-16-6-4-3-5-14(16)11-17(18)25-20/h3-10,12H,11H2,1-2H3,(H,21,22,23). The van der Waals surface area contributed by atoms with Crippen LogP contribution in [0.15, 0.2) is 48.5 Å². The number of ether oxygens (including phenoxy) is 1. The Balaban J connectivity index is 1.49. The summed E-state index contributed by atoms with van der Waals surface area (Å²) in [6, 6.07) is 15.4. The summed E-state index contributed by atoms with van der Waals surface area (Å²) in [4.78, 5) is 18.3. The van der Waals surface area contributed by atoms with Crippen LogP contribution >= 0.6 is 11.3 Å². The first-order valence-corrected chi connectivity index (χ1v) is 9.08. The van der Waals surface area contributed by atoms with E-state index in [2.05, 4.69) is 22.4 Å². The Hall–Kier alpha value is -2.66. The van der Waals surface area contributed by atoms with Gasteiger partial charge in [0.2, 0.25) is 0 Å². The third-order valence-corrected chi connectivity index (χ3v) is 5.00. The highest BCUT2D eigenvalue weighted by atomic mass is 32.1. The van der Waals surface area contributed by atoms with Gasteiger partial charge in [0.1, 0.15) is 5.75 Å². The predicted octanol–water partition coefficient (Wildman–Crippen LogP) is 4.75. The first kappa shape index (κ1) is 15.8. The number of carbonyl (C=O) groups excluding carboxylic acids is 1. The molecule has 4 nitrogen and oxygen atoms in total. The van der Waals surface area contributed by atoms with Crippen molar-refractivity contribution >= 4 is 22.4 Å². The van der Waals surface area contributed by atoms with E-state index in [-0.39, 0.29) is 12.0 Å². The van der Waals surface area contributed by atoms with Crippen molar-refractivity contribution in [3.63, 3.8) is 0 Å². The van der Waals surface area contributed by atoms with Crippen LogP contribution in [0.1, 0.15) is 34.6 Å². The Kier molecular flexibility index (Phi) is 4.01. The maximum atomic E-state index is 12.4. The lowest BCUT2D eigenvalue weighted by atomic mass is 10.1. The van der Waals surface area contributed by atoms with Crippen molar-refractivity contribution in [2.24, 2.45) is 0 Å². The first-order valence-electron chi connectivity index (χ1n) is 8.26. The highest BCUT2D eigenvalue weighted by Gasteiger charge is 2.23. The number of nitrogens with one attached hydrogen (secondary N) is 1. The Morgan fingerprint density at radius 1 is 1.16 bits per heavy atom. The van der Waals surface area contributed by atoms with Crippen LogP contribution in [0.5, 0.6) is 5.75 Å². The monoisotopic (exact) mass is 350 g/mol. The average molecular weight is 350 g/mol. The molecular weight excluding hydrogens is 332 g/mol. The molecule has 0 bridgehead atoms. The summed E-state index contributed by atoms with van der Waals surface area (Å²) in [7, 11) is 0. The third kappa shape index (κ3) is 3.15. The number of aromatic nitrogens is 1. The van der Waals surface area contributed by atoms with Crippen LogP contribution in [0.4, 0.5) is 5.13 Å². The molecule has 0 fully saturated rings. The molecular formula is C20H18N2O2S. The van der Waals surface area contributed by atoms with E-state index in [0.29, 0.717) is 10.7 Å². The van der Waals surface area contributed by atoms with Gasteiger partial charge in [-0.3, -0.25) is 10.1 Å². The normalized spacial score (nSPS) is 12.0. The van der Waals surface area contributed by atoms with Gasteiger partial charge >= 0.3 is 0 Å². The highest BCUT2D eigenvalue weighted by molar-refractivity contribution is 7.16. The first-order chi connectivity index (χ1) is 12.1. The molecule has 3 aromatic rings. The molecule has 0 spiro atoms. The minimum Gasteiger partial charge on any atom is -0.491 e. The molecule has 1 aliphatic carbocycles. The van der Waals surface area contributed by atoms with E-state index in [1.54, 1.807) is 23.5 Å². The molecule has 0 radical (unpaired) electrons. The molecule has 25 heavy (non-hydrogen) atoms. The minimum absolute atomic E-state index is 0.111. The zero-order chi connectivity index (χ0) is 17.4. The summed E-state index contributed by atoms with van der Waals surface area (Å²) in [6.07, 6.45) is 1.00. The quantitative estimate of drug-likeness (QED) is 0.578. The van der Waals surface area contributed by atoms with Crippen LogP contribution < -0.4 is 10.1 Å². The zero-order valence-electron chi connectivity index (χ0n) is 14.1. The molecule has 1 N–H and O–H groups in total. The van der Waals surface area contributed by atoms with Crippen molar-refractivity contribution in [3.8, 4) is 17.0 Å². The van der Waals surface area contributed by atoms with Crippen LogP contribution in [0, 0.1) is 0 Å². The van der Waals surface area contributed by atoms with Crippen LogP contribution in [-0.2, 0) is 6.42 Å². The van der Waals surface area contributed by atoms with Crippen LogP contribution in [0.2, 0.25) is 0 Å². The van der Waals surface area contributed by atoms with E-state index in [9.17, 15) is 4.79 Å². The Bertz CT molecular complexity index is 929. The third-order valence-electron chi connectivity index (χ3n) is 4.03. The van der Waals surface area contributed by atoms with Gasteiger partial charge in [-0.1, -0.05) is 24.3 Å². The van der Waals surface area contributed by atoms with Gasteiger partial charge in [-0.2, -0.15) is 0 Å². The van der Waals surface area contributed by atoms with Crippen molar-refractivity contribution in [1.82, 2.24) is 4.98 Å². The summed E-state index contributed by atoms with van der Waals surface area (Å²) in [5.41, 5.74) is 4.06. The smallest absolute Gasteiger partial charge is 0.257 e.